The molecule has 0 atom stereocenters. The van der Waals surface area contributed by atoms with Gasteiger partial charge in [-0.15, -0.1) is 0 Å². The van der Waals surface area contributed by atoms with Gasteiger partial charge in [-0.3, -0.25) is 9.59 Å². The molecule has 0 aromatic carbocycles. The second-order valence-electron chi connectivity index (χ2n) is 2.75. The molecular weight excluding hydrogens is 182 g/mol. The predicted octanol–water partition coefficient (Wildman–Crippen LogP) is -0.0295. The Balaban J connectivity index is 2.91. The summed E-state index contributed by atoms with van der Waals surface area (Å²) in [6.07, 6.45) is 0. The van der Waals surface area contributed by atoms with Gasteiger partial charge < -0.3 is 9.88 Å². The number of H-pyrrole nitrogens is 1. The van der Waals surface area contributed by atoms with Crippen molar-refractivity contribution in [2.75, 3.05) is 13.6 Å². The van der Waals surface area contributed by atoms with Gasteiger partial charge >= 0.3 is 0 Å². The topological polar surface area (TPSA) is 77.0 Å². The van der Waals surface area contributed by atoms with E-state index < -0.39 is 0 Å². The fraction of sp³-hybridized carbons (Fsp3) is 0.222. The molecule has 0 unspecified atom stereocenters. The first-order valence-electron chi connectivity index (χ1n) is 3.97. The lowest BCUT2D eigenvalue weighted by Gasteiger charge is -2.11. The fourth-order valence-corrected chi connectivity index (χ4v) is 0.956. The molecule has 5 nitrogen and oxygen atoms in total. The summed E-state index contributed by atoms with van der Waals surface area (Å²) >= 11 is 0. The number of aromatic amines is 1. The van der Waals surface area contributed by atoms with E-state index in [0.29, 0.717) is 0 Å². The van der Waals surface area contributed by atoms with Gasteiger partial charge in [-0.1, -0.05) is 6.07 Å². The SMILES string of the molecule is CN(CC#N)C(=O)c1cccc(=O)[nH]1. The molecule has 0 saturated carbocycles. The molecule has 1 aromatic rings. The largest absolute Gasteiger partial charge is 0.327 e. The van der Waals surface area contributed by atoms with E-state index in [1.165, 1.54) is 30.1 Å². The Labute approximate surface area is 80.6 Å². The van der Waals surface area contributed by atoms with Crippen molar-refractivity contribution < 1.29 is 4.79 Å². The summed E-state index contributed by atoms with van der Waals surface area (Å²) in [6.45, 7) is -0.00421. The molecule has 0 saturated heterocycles. The third-order valence-electron chi connectivity index (χ3n) is 1.65. The Kier molecular flexibility index (Phi) is 3.02. The van der Waals surface area contributed by atoms with Crippen molar-refractivity contribution in [2.45, 2.75) is 0 Å². The molecule has 1 rings (SSSR count). The van der Waals surface area contributed by atoms with E-state index in [1.807, 2.05) is 6.07 Å². The molecule has 0 aliphatic rings. The molecule has 0 spiro atoms. The van der Waals surface area contributed by atoms with Crippen LogP contribution >= 0.6 is 0 Å². The van der Waals surface area contributed by atoms with Crippen LogP contribution < -0.4 is 5.56 Å². The third kappa shape index (κ3) is 2.20. The Bertz CT molecular complexity index is 430. The van der Waals surface area contributed by atoms with Gasteiger partial charge in [0.05, 0.1) is 6.07 Å². The molecule has 72 valence electrons. The van der Waals surface area contributed by atoms with Gasteiger partial charge in [0.1, 0.15) is 12.2 Å². The van der Waals surface area contributed by atoms with E-state index in [0.717, 1.165) is 0 Å². The van der Waals surface area contributed by atoms with E-state index in [2.05, 4.69) is 4.98 Å². The lowest BCUT2D eigenvalue weighted by atomic mass is 10.3. The van der Waals surface area contributed by atoms with Crippen molar-refractivity contribution in [3.05, 3.63) is 34.2 Å². The van der Waals surface area contributed by atoms with Gasteiger partial charge in [0, 0.05) is 13.1 Å². The van der Waals surface area contributed by atoms with Crippen LogP contribution in [0.5, 0.6) is 0 Å². The lowest BCUT2D eigenvalue weighted by Crippen LogP contribution is -2.29. The van der Waals surface area contributed by atoms with Crippen LogP contribution in [0.4, 0.5) is 0 Å². The van der Waals surface area contributed by atoms with E-state index in [-0.39, 0.29) is 23.7 Å². The number of carbonyl (C=O) groups excluding carboxylic acids is 1. The molecule has 0 aliphatic carbocycles. The van der Waals surface area contributed by atoms with Crippen molar-refractivity contribution in [2.24, 2.45) is 0 Å². The number of amides is 1. The van der Waals surface area contributed by atoms with Crippen LogP contribution in [-0.2, 0) is 0 Å². The minimum Gasteiger partial charge on any atom is -0.327 e. The zero-order valence-corrected chi connectivity index (χ0v) is 7.65. The number of hydrogen-bond donors (Lipinski definition) is 1. The second kappa shape index (κ2) is 4.23. The summed E-state index contributed by atoms with van der Waals surface area (Å²) in [4.78, 5) is 26.0. The standard InChI is InChI=1S/C9H9N3O2/c1-12(6-5-10)9(14)7-3-2-4-8(13)11-7/h2-4H,6H2,1H3,(H,11,13). The number of rotatable bonds is 2. The quantitative estimate of drug-likeness (QED) is 0.667. The highest BCUT2D eigenvalue weighted by molar-refractivity contribution is 5.92. The molecule has 0 radical (unpaired) electrons. The van der Waals surface area contributed by atoms with Crippen LogP contribution in [0.15, 0.2) is 23.0 Å². The molecule has 1 amide bonds. The highest BCUT2D eigenvalue weighted by Crippen LogP contribution is 1.96. The number of nitrogens with zero attached hydrogens (tertiary/aromatic N) is 2. The van der Waals surface area contributed by atoms with Gasteiger partial charge in [-0.25, -0.2) is 0 Å². The molecule has 0 bridgehead atoms. The molecule has 0 aliphatic heterocycles. The average Bonchev–Trinajstić information content (AvgIpc) is 2.17. The summed E-state index contributed by atoms with van der Waals surface area (Å²) in [7, 11) is 1.50. The maximum atomic E-state index is 11.5. The number of carbonyl (C=O) groups is 1. The maximum absolute atomic E-state index is 11.5. The van der Waals surface area contributed by atoms with Crippen LogP contribution in [0, 0.1) is 11.3 Å². The van der Waals surface area contributed by atoms with Crippen molar-refractivity contribution in [1.29, 1.82) is 5.26 Å². The molecule has 1 aromatic heterocycles. The van der Waals surface area contributed by atoms with Crippen LogP contribution in [0.3, 0.4) is 0 Å². The van der Waals surface area contributed by atoms with E-state index in [9.17, 15) is 9.59 Å². The Morgan fingerprint density at radius 1 is 1.64 bits per heavy atom. The highest BCUT2D eigenvalue weighted by Gasteiger charge is 2.10. The number of hydrogen-bond acceptors (Lipinski definition) is 3. The van der Waals surface area contributed by atoms with Gasteiger partial charge in [0.2, 0.25) is 5.56 Å². The lowest BCUT2D eigenvalue weighted by molar-refractivity contribution is 0.0806. The summed E-state index contributed by atoms with van der Waals surface area (Å²) in [5, 5.41) is 8.37. The maximum Gasteiger partial charge on any atom is 0.270 e. The Hall–Kier alpha value is -2.09. The average molecular weight is 191 g/mol. The summed E-state index contributed by atoms with van der Waals surface area (Å²) in [6, 6.07) is 6.16. The second-order valence-corrected chi connectivity index (χ2v) is 2.75. The van der Waals surface area contributed by atoms with Crippen molar-refractivity contribution >= 4 is 5.91 Å². The molecular formula is C9H9N3O2. The van der Waals surface area contributed by atoms with Crippen LogP contribution in [-0.4, -0.2) is 29.4 Å². The van der Waals surface area contributed by atoms with Crippen LogP contribution in [0.2, 0.25) is 0 Å². The van der Waals surface area contributed by atoms with Gasteiger partial charge in [-0.05, 0) is 6.07 Å². The smallest absolute Gasteiger partial charge is 0.270 e. The molecule has 1 N–H and O–H groups in total. The number of nitrogens with one attached hydrogen (secondary N) is 1. The van der Waals surface area contributed by atoms with Gasteiger partial charge in [0.25, 0.3) is 5.91 Å². The zero-order valence-electron chi connectivity index (χ0n) is 7.65. The Morgan fingerprint density at radius 3 is 2.93 bits per heavy atom. The van der Waals surface area contributed by atoms with E-state index in [1.54, 1.807) is 0 Å². The van der Waals surface area contributed by atoms with Gasteiger partial charge in [-0.2, -0.15) is 5.26 Å². The summed E-state index contributed by atoms with van der Waals surface area (Å²) in [5.74, 6) is -0.371. The number of aromatic nitrogens is 1. The first-order chi connectivity index (χ1) is 6.65. The van der Waals surface area contributed by atoms with Crippen molar-refractivity contribution in [3.8, 4) is 6.07 Å². The van der Waals surface area contributed by atoms with Crippen LogP contribution in [0.25, 0.3) is 0 Å². The zero-order chi connectivity index (χ0) is 10.6. The van der Waals surface area contributed by atoms with E-state index >= 15 is 0 Å². The first kappa shape index (κ1) is 9.99. The Morgan fingerprint density at radius 2 is 2.36 bits per heavy atom. The van der Waals surface area contributed by atoms with Crippen molar-refractivity contribution in [3.63, 3.8) is 0 Å². The minimum absolute atomic E-state index is 0.00421. The molecule has 5 heteroatoms. The first-order valence-corrected chi connectivity index (χ1v) is 3.97. The predicted molar refractivity (Wildman–Crippen MR) is 49.6 cm³/mol. The van der Waals surface area contributed by atoms with Crippen molar-refractivity contribution in [1.82, 2.24) is 9.88 Å². The molecule has 0 fully saturated rings. The number of pyridine rings is 1. The fourth-order valence-electron chi connectivity index (χ4n) is 0.956. The minimum atomic E-state index is -0.371. The molecule has 14 heavy (non-hydrogen) atoms. The van der Waals surface area contributed by atoms with E-state index in [4.69, 9.17) is 5.26 Å². The van der Waals surface area contributed by atoms with Crippen LogP contribution in [0.1, 0.15) is 10.5 Å². The van der Waals surface area contributed by atoms with Gasteiger partial charge in [0.15, 0.2) is 0 Å². The summed E-state index contributed by atoms with van der Waals surface area (Å²) in [5.41, 5.74) is -0.142. The summed E-state index contributed by atoms with van der Waals surface area (Å²) < 4.78 is 0. The highest BCUT2D eigenvalue weighted by atomic mass is 16.2. The third-order valence-corrected chi connectivity index (χ3v) is 1.65. The normalized spacial score (nSPS) is 9.14. The molecule has 1 heterocycles. The monoisotopic (exact) mass is 191 g/mol. The number of nitriles is 1.